The van der Waals surface area contributed by atoms with Gasteiger partial charge >= 0.3 is 5.97 Å². The SMILES string of the molecule is CCOc1cc(/C=C2/N=C(c3ccc(C)c(Cl)c3)OC2=O)ccc1OCc1c(Cl)cccc1Cl. The van der Waals surface area contributed by atoms with Crippen LogP contribution < -0.4 is 9.47 Å². The molecule has 1 aliphatic heterocycles. The van der Waals surface area contributed by atoms with Crippen molar-refractivity contribution in [3.63, 3.8) is 0 Å². The molecule has 34 heavy (non-hydrogen) atoms. The molecule has 8 heteroatoms. The zero-order chi connectivity index (χ0) is 24.2. The van der Waals surface area contributed by atoms with Crippen molar-refractivity contribution in [2.24, 2.45) is 4.99 Å². The van der Waals surface area contributed by atoms with Gasteiger partial charge in [-0.05, 0) is 67.4 Å². The topological polar surface area (TPSA) is 57.1 Å². The van der Waals surface area contributed by atoms with Crippen LogP contribution in [-0.2, 0) is 16.1 Å². The Bertz CT molecular complexity index is 1300. The first-order valence-corrected chi connectivity index (χ1v) is 11.6. The third-order valence-electron chi connectivity index (χ3n) is 5.04. The third kappa shape index (κ3) is 5.39. The van der Waals surface area contributed by atoms with Gasteiger partial charge in [-0.2, -0.15) is 0 Å². The molecule has 1 heterocycles. The maximum absolute atomic E-state index is 12.4. The molecule has 3 aromatic rings. The number of benzene rings is 3. The molecule has 0 fully saturated rings. The van der Waals surface area contributed by atoms with E-state index in [1.165, 1.54) is 0 Å². The first kappa shape index (κ1) is 24.1. The molecule has 174 valence electrons. The highest BCUT2D eigenvalue weighted by atomic mass is 35.5. The van der Waals surface area contributed by atoms with Crippen LogP contribution in [0.5, 0.6) is 11.5 Å². The van der Waals surface area contributed by atoms with Crippen LogP contribution in [-0.4, -0.2) is 18.5 Å². The van der Waals surface area contributed by atoms with E-state index in [0.717, 1.165) is 5.56 Å². The van der Waals surface area contributed by atoms with Crippen LogP contribution in [0.4, 0.5) is 0 Å². The van der Waals surface area contributed by atoms with E-state index in [1.54, 1.807) is 54.6 Å². The molecule has 0 radical (unpaired) electrons. The van der Waals surface area contributed by atoms with Gasteiger partial charge in [-0.1, -0.05) is 53.0 Å². The van der Waals surface area contributed by atoms with E-state index in [2.05, 4.69) is 4.99 Å². The molecule has 5 nitrogen and oxygen atoms in total. The Morgan fingerprint density at radius 1 is 0.941 bits per heavy atom. The Labute approximate surface area is 212 Å². The van der Waals surface area contributed by atoms with Crippen LogP contribution in [0.2, 0.25) is 15.1 Å². The van der Waals surface area contributed by atoms with Gasteiger partial charge in [0, 0.05) is 26.2 Å². The van der Waals surface area contributed by atoms with Crippen molar-refractivity contribution in [1.29, 1.82) is 0 Å². The lowest BCUT2D eigenvalue weighted by molar-refractivity contribution is -0.129. The summed E-state index contributed by atoms with van der Waals surface area (Å²) in [7, 11) is 0. The van der Waals surface area contributed by atoms with Gasteiger partial charge in [-0.3, -0.25) is 0 Å². The Kier molecular flexibility index (Phi) is 7.47. The van der Waals surface area contributed by atoms with Crippen LogP contribution in [0, 0.1) is 6.92 Å². The summed E-state index contributed by atoms with van der Waals surface area (Å²) in [6.07, 6.45) is 1.63. The molecule has 1 aliphatic rings. The number of hydrogen-bond acceptors (Lipinski definition) is 5. The number of aliphatic imine (C=N–C) groups is 1. The minimum Gasteiger partial charge on any atom is -0.490 e. The highest BCUT2D eigenvalue weighted by Crippen LogP contribution is 2.33. The molecule has 0 spiro atoms. The van der Waals surface area contributed by atoms with Crippen LogP contribution in [0.15, 0.2) is 65.3 Å². The van der Waals surface area contributed by atoms with Crippen molar-refractivity contribution in [2.45, 2.75) is 20.5 Å². The Morgan fingerprint density at radius 3 is 2.41 bits per heavy atom. The molecule has 0 N–H and O–H groups in total. The summed E-state index contributed by atoms with van der Waals surface area (Å²) in [5, 5.41) is 1.62. The average molecular weight is 517 g/mol. The van der Waals surface area contributed by atoms with Gasteiger partial charge in [0.05, 0.1) is 6.61 Å². The fraction of sp³-hybridized carbons (Fsp3) is 0.154. The van der Waals surface area contributed by atoms with Crippen LogP contribution in [0.1, 0.15) is 29.2 Å². The highest BCUT2D eigenvalue weighted by Gasteiger charge is 2.24. The molecule has 0 bridgehead atoms. The maximum Gasteiger partial charge on any atom is 0.363 e. The van der Waals surface area contributed by atoms with Crippen molar-refractivity contribution in [3.8, 4) is 11.5 Å². The lowest BCUT2D eigenvalue weighted by atomic mass is 10.1. The lowest BCUT2D eigenvalue weighted by Crippen LogP contribution is -2.05. The molecule has 0 saturated heterocycles. The molecule has 4 rings (SSSR count). The van der Waals surface area contributed by atoms with Crippen LogP contribution >= 0.6 is 34.8 Å². The van der Waals surface area contributed by atoms with E-state index >= 15 is 0 Å². The van der Waals surface area contributed by atoms with E-state index in [4.69, 9.17) is 49.0 Å². The average Bonchev–Trinajstić information content (AvgIpc) is 3.17. The standard InChI is InChI=1S/C26H20Cl3NO4/c1-3-32-24-12-16(8-10-23(24)33-14-18-19(27)5-4-6-20(18)28)11-22-26(31)34-25(30-22)17-9-7-15(2)21(29)13-17/h4-13H,3,14H2,1-2H3/b22-11+. The zero-order valence-corrected chi connectivity index (χ0v) is 20.7. The van der Waals surface area contributed by atoms with Crippen molar-refractivity contribution in [3.05, 3.63) is 97.6 Å². The molecular weight excluding hydrogens is 497 g/mol. The normalized spacial score (nSPS) is 14.2. The first-order valence-electron chi connectivity index (χ1n) is 10.5. The number of halogens is 3. The molecule has 0 amide bonds. The van der Waals surface area contributed by atoms with Crippen LogP contribution in [0.3, 0.4) is 0 Å². The van der Waals surface area contributed by atoms with Gasteiger partial charge in [0.2, 0.25) is 5.90 Å². The van der Waals surface area contributed by atoms with Crippen molar-refractivity contribution in [2.75, 3.05) is 6.61 Å². The summed E-state index contributed by atoms with van der Waals surface area (Å²) in [6, 6.07) is 16.0. The van der Waals surface area contributed by atoms with Gasteiger partial charge in [0.25, 0.3) is 0 Å². The fourth-order valence-electron chi connectivity index (χ4n) is 3.24. The van der Waals surface area contributed by atoms with Crippen molar-refractivity contribution < 1.29 is 19.0 Å². The first-order chi connectivity index (χ1) is 16.4. The van der Waals surface area contributed by atoms with Crippen LogP contribution in [0.25, 0.3) is 6.08 Å². The van der Waals surface area contributed by atoms with Crippen molar-refractivity contribution in [1.82, 2.24) is 0 Å². The number of cyclic esters (lactones) is 1. The number of hydrogen-bond donors (Lipinski definition) is 0. The van der Waals surface area contributed by atoms with E-state index in [0.29, 0.717) is 49.9 Å². The van der Waals surface area contributed by atoms with Gasteiger partial charge in [0.15, 0.2) is 17.2 Å². The fourth-order valence-corrected chi connectivity index (χ4v) is 3.93. The van der Waals surface area contributed by atoms with E-state index in [1.807, 2.05) is 19.9 Å². The zero-order valence-electron chi connectivity index (χ0n) is 18.4. The predicted octanol–water partition coefficient (Wildman–Crippen LogP) is 7.28. The summed E-state index contributed by atoms with van der Waals surface area (Å²) in [6.45, 7) is 4.38. The van der Waals surface area contributed by atoms with E-state index < -0.39 is 5.97 Å². The number of carbonyl (C=O) groups is 1. The molecule has 0 unspecified atom stereocenters. The minimum atomic E-state index is -0.543. The third-order valence-corrected chi connectivity index (χ3v) is 6.16. The number of aryl methyl sites for hydroxylation is 1. The number of rotatable bonds is 7. The lowest BCUT2D eigenvalue weighted by Gasteiger charge is -2.14. The highest BCUT2D eigenvalue weighted by molar-refractivity contribution is 6.36. The number of carbonyl (C=O) groups excluding carboxylic acids is 1. The summed E-state index contributed by atoms with van der Waals surface area (Å²) < 4.78 is 17.0. The quantitative estimate of drug-likeness (QED) is 0.245. The van der Waals surface area contributed by atoms with Gasteiger partial charge < -0.3 is 14.2 Å². The second kappa shape index (κ2) is 10.5. The van der Waals surface area contributed by atoms with E-state index in [9.17, 15) is 4.79 Å². The molecule has 0 saturated carbocycles. The number of nitrogens with zero attached hydrogens (tertiary/aromatic N) is 1. The molecule has 0 atom stereocenters. The second-order valence-electron chi connectivity index (χ2n) is 7.43. The monoisotopic (exact) mass is 515 g/mol. The smallest absolute Gasteiger partial charge is 0.363 e. The number of ether oxygens (including phenoxy) is 3. The van der Waals surface area contributed by atoms with Gasteiger partial charge in [-0.15, -0.1) is 0 Å². The summed E-state index contributed by atoms with van der Waals surface area (Å²) >= 11 is 18.7. The Balaban J connectivity index is 1.58. The molecule has 0 aromatic heterocycles. The Hall–Kier alpha value is -2.99. The van der Waals surface area contributed by atoms with Gasteiger partial charge in [-0.25, -0.2) is 9.79 Å². The molecule has 3 aromatic carbocycles. The summed E-state index contributed by atoms with van der Waals surface area (Å²) in [5.41, 5.74) is 3.11. The van der Waals surface area contributed by atoms with Crippen molar-refractivity contribution >= 4 is 52.7 Å². The van der Waals surface area contributed by atoms with Gasteiger partial charge in [0.1, 0.15) is 6.61 Å². The largest absolute Gasteiger partial charge is 0.490 e. The number of esters is 1. The summed E-state index contributed by atoms with van der Waals surface area (Å²) in [5.74, 6) is 0.700. The molecular formula is C26H20Cl3NO4. The van der Waals surface area contributed by atoms with E-state index in [-0.39, 0.29) is 18.2 Å². The maximum atomic E-state index is 12.4. The summed E-state index contributed by atoms with van der Waals surface area (Å²) in [4.78, 5) is 16.7. The Morgan fingerprint density at radius 2 is 1.71 bits per heavy atom. The minimum absolute atomic E-state index is 0.172. The second-order valence-corrected chi connectivity index (χ2v) is 8.65. The predicted molar refractivity (Wildman–Crippen MR) is 135 cm³/mol. The molecule has 0 aliphatic carbocycles.